The summed E-state index contributed by atoms with van der Waals surface area (Å²) in [5.74, 6) is -1.01. The SMILES string of the molecule is CN1CCN(CC(O)C(C)(C)C)C(=O)C1=O. The smallest absolute Gasteiger partial charge is 0.312 e. The summed E-state index contributed by atoms with van der Waals surface area (Å²) in [5, 5.41) is 9.89. The molecule has 1 aliphatic heterocycles. The summed E-state index contributed by atoms with van der Waals surface area (Å²) in [4.78, 5) is 25.9. The minimum atomic E-state index is -0.618. The van der Waals surface area contributed by atoms with Gasteiger partial charge in [-0.15, -0.1) is 0 Å². The van der Waals surface area contributed by atoms with Crippen LogP contribution in [0.5, 0.6) is 0 Å². The van der Waals surface area contributed by atoms with Gasteiger partial charge in [0.1, 0.15) is 0 Å². The van der Waals surface area contributed by atoms with Crippen LogP contribution in [-0.2, 0) is 9.59 Å². The molecule has 1 rings (SSSR count). The number of hydrogen-bond donors (Lipinski definition) is 1. The summed E-state index contributed by atoms with van der Waals surface area (Å²) >= 11 is 0. The number of likely N-dealkylation sites (N-methyl/N-ethyl adjacent to an activating group) is 1. The zero-order chi connectivity index (χ0) is 12.5. The molecule has 0 aromatic rings. The maximum atomic E-state index is 11.6. The van der Waals surface area contributed by atoms with Crippen LogP contribution < -0.4 is 0 Å². The Morgan fingerprint density at radius 3 is 2.31 bits per heavy atom. The third-order valence-electron chi connectivity index (χ3n) is 2.92. The van der Waals surface area contributed by atoms with E-state index in [1.807, 2.05) is 20.8 Å². The molecule has 1 aliphatic rings. The first-order chi connectivity index (χ1) is 7.23. The number of aliphatic hydroxyl groups is 1. The molecule has 1 heterocycles. The molecule has 16 heavy (non-hydrogen) atoms. The van der Waals surface area contributed by atoms with Gasteiger partial charge in [-0.25, -0.2) is 0 Å². The highest BCUT2D eigenvalue weighted by atomic mass is 16.3. The lowest BCUT2D eigenvalue weighted by Gasteiger charge is -2.35. The molecule has 5 nitrogen and oxygen atoms in total. The van der Waals surface area contributed by atoms with Crippen molar-refractivity contribution in [3.63, 3.8) is 0 Å². The van der Waals surface area contributed by atoms with Crippen molar-refractivity contribution in [1.29, 1.82) is 0 Å². The van der Waals surface area contributed by atoms with Crippen molar-refractivity contribution >= 4 is 11.8 Å². The van der Waals surface area contributed by atoms with E-state index >= 15 is 0 Å². The molecular weight excluding hydrogens is 208 g/mol. The van der Waals surface area contributed by atoms with Gasteiger partial charge in [-0.05, 0) is 5.41 Å². The van der Waals surface area contributed by atoms with Gasteiger partial charge >= 0.3 is 11.8 Å². The van der Waals surface area contributed by atoms with Crippen LogP contribution in [0.15, 0.2) is 0 Å². The van der Waals surface area contributed by atoms with E-state index in [1.54, 1.807) is 7.05 Å². The first kappa shape index (κ1) is 13.0. The molecule has 92 valence electrons. The normalized spacial score (nSPS) is 20.3. The average Bonchev–Trinajstić information content (AvgIpc) is 2.17. The molecule has 0 aromatic carbocycles. The molecule has 1 N–H and O–H groups in total. The van der Waals surface area contributed by atoms with Gasteiger partial charge in [-0.1, -0.05) is 20.8 Å². The van der Waals surface area contributed by atoms with Gasteiger partial charge in [0, 0.05) is 26.7 Å². The van der Waals surface area contributed by atoms with Crippen LogP contribution in [0.3, 0.4) is 0 Å². The Morgan fingerprint density at radius 1 is 1.25 bits per heavy atom. The molecule has 1 saturated heterocycles. The number of rotatable bonds is 2. The van der Waals surface area contributed by atoms with Gasteiger partial charge < -0.3 is 14.9 Å². The molecule has 0 saturated carbocycles. The highest BCUT2D eigenvalue weighted by Crippen LogP contribution is 2.20. The summed E-state index contributed by atoms with van der Waals surface area (Å²) in [6.45, 7) is 6.96. The zero-order valence-electron chi connectivity index (χ0n) is 10.4. The Balaban J connectivity index is 2.63. The molecule has 0 aromatic heterocycles. The van der Waals surface area contributed by atoms with Gasteiger partial charge in [-0.2, -0.15) is 0 Å². The Labute approximate surface area is 96.0 Å². The van der Waals surface area contributed by atoms with E-state index < -0.39 is 17.9 Å². The van der Waals surface area contributed by atoms with E-state index in [2.05, 4.69) is 0 Å². The monoisotopic (exact) mass is 228 g/mol. The van der Waals surface area contributed by atoms with Crippen molar-refractivity contribution in [2.45, 2.75) is 26.9 Å². The van der Waals surface area contributed by atoms with E-state index in [0.717, 1.165) is 0 Å². The summed E-state index contributed by atoms with van der Waals surface area (Å²) in [7, 11) is 1.61. The molecule has 0 spiro atoms. The predicted molar refractivity (Wildman–Crippen MR) is 59.7 cm³/mol. The van der Waals surface area contributed by atoms with Crippen LogP contribution in [0.4, 0.5) is 0 Å². The van der Waals surface area contributed by atoms with E-state index in [9.17, 15) is 14.7 Å². The van der Waals surface area contributed by atoms with Gasteiger partial charge in [0.15, 0.2) is 0 Å². The number of β-amino-alcohol motifs (C(OH)–C–C–N with tert-alkyl or cyclic N) is 1. The van der Waals surface area contributed by atoms with Crippen molar-refractivity contribution < 1.29 is 14.7 Å². The van der Waals surface area contributed by atoms with Crippen LogP contribution >= 0.6 is 0 Å². The van der Waals surface area contributed by atoms with Crippen LogP contribution in [0.25, 0.3) is 0 Å². The molecular formula is C11H20N2O3. The van der Waals surface area contributed by atoms with Gasteiger partial charge in [0.25, 0.3) is 0 Å². The van der Waals surface area contributed by atoms with Crippen LogP contribution in [0.2, 0.25) is 0 Å². The summed E-state index contributed by atoms with van der Waals surface area (Å²) < 4.78 is 0. The highest BCUT2D eigenvalue weighted by molar-refractivity contribution is 6.35. The van der Waals surface area contributed by atoms with Crippen molar-refractivity contribution in [2.24, 2.45) is 5.41 Å². The minimum Gasteiger partial charge on any atom is -0.391 e. The van der Waals surface area contributed by atoms with E-state index in [-0.39, 0.29) is 12.0 Å². The summed E-state index contributed by atoms with van der Waals surface area (Å²) in [5.41, 5.74) is -0.285. The van der Waals surface area contributed by atoms with E-state index in [1.165, 1.54) is 9.80 Å². The number of piperazine rings is 1. The van der Waals surface area contributed by atoms with Crippen molar-refractivity contribution in [3.05, 3.63) is 0 Å². The molecule has 1 fully saturated rings. The molecule has 2 amide bonds. The highest BCUT2D eigenvalue weighted by Gasteiger charge is 2.33. The lowest BCUT2D eigenvalue weighted by atomic mass is 9.89. The average molecular weight is 228 g/mol. The maximum absolute atomic E-state index is 11.6. The van der Waals surface area contributed by atoms with Crippen molar-refractivity contribution in [2.75, 3.05) is 26.7 Å². The Hall–Kier alpha value is -1.10. The summed E-state index contributed by atoms with van der Waals surface area (Å²) in [6.07, 6.45) is -0.618. The fourth-order valence-corrected chi connectivity index (χ4v) is 1.43. The second kappa shape index (κ2) is 4.41. The fourth-order valence-electron chi connectivity index (χ4n) is 1.43. The Bertz CT molecular complexity index is 296. The molecule has 5 heteroatoms. The lowest BCUT2D eigenvalue weighted by Crippen LogP contribution is -2.55. The molecule has 0 bridgehead atoms. The van der Waals surface area contributed by atoms with Crippen molar-refractivity contribution in [3.8, 4) is 0 Å². The van der Waals surface area contributed by atoms with E-state index in [0.29, 0.717) is 13.1 Å². The van der Waals surface area contributed by atoms with Crippen molar-refractivity contribution in [1.82, 2.24) is 9.80 Å². The third kappa shape index (κ3) is 2.72. The van der Waals surface area contributed by atoms with E-state index in [4.69, 9.17) is 0 Å². The quantitative estimate of drug-likeness (QED) is 0.660. The molecule has 1 unspecified atom stereocenters. The first-order valence-electron chi connectivity index (χ1n) is 5.46. The van der Waals surface area contributed by atoms with Gasteiger partial charge in [0.05, 0.1) is 6.10 Å². The number of carbonyl (C=O) groups is 2. The number of amides is 2. The van der Waals surface area contributed by atoms with Crippen LogP contribution in [0, 0.1) is 5.41 Å². The maximum Gasteiger partial charge on any atom is 0.312 e. The Kier molecular flexibility index (Phi) is 3.57. The molecule has 0 radical (unpaired) electrons. The fraction of sp³-hybridized carbons (Fsp3) is 0.818. The number of nitrogens with zero attached hydrogens (tertiary/aromatic N) is 2. The third-order valence-corrected chi connectivity index (χ3v) is 2.92. The van der Waals surface area contributed by atoms with Gasteiger partial charge in [0.2, 0.25) is 0 Å². The number of aliphatic hydroxyl groups excluding tert-OH is 1. The summed E-state index contributed by atoms with van der Waals surface area (Å²) in [6, 6.07) is 0. The van der Waals surface area contributed by atoms with Gasteiger partial charge in [-0.3, -0.25) is 9.59 Å². The molecule has 1 atom stereocenters. The lowest BCUT2D eigenvalue weighted by molar-refractivity contribution is -0.156. The van der Waals surface area contributed by atoms with Crippen LogP contribution in [-0.4, -0.2) is 59.5 Å². The number of hydrogen-bond acceptors (Lipinski definition) is 3. The predicted octanol–water partition coefficient (Wildman–Crippen LogP) is -0.306. The molecule has 0 aliphatic carbocycles. The minimum absolute atomic E-state index is 0.224. The largest absolute Gasteiger partial charge is 0.391 e. The topological polar surface area (TPSA) is 60.9 Å². The Morgan fingerprint density at radius 2 is 1.81 bits per heavy atom. The standard InChI is InChI=1S/C11H20N2O3/c1-11(2,3)8(14)7-13-6-5-12(4)9(15)10(13)16/h8,14H,5-7H2,1-4H3. The second-order valence-electron chi connectivity index (χ2n) is 5.36. The zero-order valence-corrected chi connectivity index (χ0v) is 10.4. The number of carbonyl (C=O) groups excluding carboxylic acids is 2. The van der Waals surface area contributed by atoms with Crippen LogP contribution in [0.1, 0.15) is 20.8 Å². The first-order valence-corrected chi connectivity index (χ1v) is 5.46. The second-order valence-corrected chi connectivity index (χ2v) is 5.36.